The van der Waals surface area contributed by atoms with Gasteiger partial charge in [-0.1, -0.05) is 0 Å². The predicted octanol–water partition coefficient (Wildman–Crippen LogP) is -0.733. The van der Waals surface area contributed by atoms with E-state index in [9.17, 15) is 0 Å². The van der Waals surface area contributed by atoms with Crippen LogP contribution < -0.4 is 24.8 Å². The van der Waals surface area contributed by atoms with E-state index in [-0.39, 0.29) is 24.8 Å². The second kappa shape index (κ2) is 8.41. The van der Waals surface area contributed by atoms with Crippen LogP contribution in [0.15, 0.2) is 47.6 Å². The molecule has 0 N–H and O–H groups in total. The molecule has 0 aromatic carbocycles. The van der Waals surface area contributed by atoms with Crippen LogP contribution in [0.5, 0.6) is 0 Å². The molecule has 22 heavy (non-hydrogen) atoms. The zero-order chi connectivity index (χ0) is 14.2. The summed E-state index contributed by atoms with van der Waals surface area (Å²) in [6, 6.07) is 0. The molecule has 0 aromatic rings. The van der Waals surface area contributed by atoms with Crippen molar-refractivity contribution in [3.63, 3.8) is 0 Å². The van der Waals surface area contributed by atoms with E-state index in [2.05, 4.69) is 57.2 Å². The molecule has 3 unspecified atom stereocenters. The quantitative estimate of drug-likeness (QED) is 0.570. The van der Waals surface area contributed by atoms with Gasteiger partial charge in [0.15, 0.2) is 0 Å². The zero-order valence-corrected chi connectivity index (χ0v) is 17.7. The molecule has 0 heterocycles. The van der Waals surface area contributed by atoms with Crippen molar-refractivity contribution in [2.75, 3.05) is 0 Å². The summed E-state index contributed by atoms with van der Waals surface area (Å²) in [5.41, 5.74) is 3.57. The molecule has 0 radical (unpaired) electrons. The van der Waals surface area contributed by atoms with Crippen molar-refractivity contribution in [1.82, 2.24) is 0 Å². The molecule has 3 aliphatic carbocycles. The molecule has 0 amide bonds. The summed E-state index contributed by atoms with van der Waals surface area (Å²) in [4.78, 5) is 0. The van der Waals surface area contributed by atoms with Crippen molar-refractivity contribution in [3.8, 4) is 0 Å². The third-order valence-electron chi connectivity index (χ3n) is 5.13. The summed E-state index contributed by atoms with van der Waals surface area (Å²) in [6.07, 6.45) is 19.6. The number of halogens is 2. The van der Waals surface area contributed by atoms with Crippen LogP contribution in [0.25, 0.3) is 0 Å². The van der Waals surface area contributed by atoms with E-state index in [1.807, 2.05) is 5.57 Å². The molecular weight excluding hydrogens is 390 g/mol. The van der Waals surface area contributed by atoms with E-state index in [1.54, 1.807) is 8.78 Å². The van der Waals surface area contributed by atoms with E-state index < -0.39 is 22.8 Å². The van der Waals surface area contributed by atoms with Crippen LogP contribution in [0.2, 0.25) is 3.12 Å². The van der Waals surface area contributed by atoms with Crippen LogP contribution in [-0.2, 0) is 22.8 Å². The van der Waals surface area contributed by atoms with Gasteiger partial charge >= 0.3 is 135 Å². The third-order valence-corrected chi connectivity index (χ3v) is 9.83. The summed E-state index contributed by atoms with van der Waals surface area (Å²) in [5, 5.41) is 0. The van der Waals surface area contributed by atoms with Crippen molar-refractivity contribution in [2.45, 2.75) is 49.6 Å². The van der Waals surface area contributed by atoms with E-state index >= 15 is 0 Å². The minimum Gasteiger partial charge on any atom is -1.00 e. The summed E-state index contributed by atoms with van der Waals surface area (Å²) in [7, 11) is 0. The zero-order valence-electron chi connectivity index (χ0n) is 13.7. The van der Waals surface area contributed by atoms with Crippen molar-refractivity contribution < 1.29 is 47.6 Å². The van der Waals surface area contributed by atoms with Gasteiger partial charge in [-0.2, -0.15) is 0 Å². The molecule has 0 nitrogen and oxygen atoms in total. The first kappa shape index (κ1) is 20.3. The predicted molar refractivity (Wildman–Crippen MR) is 84.6 cm³/mol. The van der Waals surface area contributed by atoms with Crippen molar-refractivity contribution in [1.29, 1.82) is 0 Å². The van der Waals surface area contributed by atoms with Gasteiger partial charge in [0, 0.05) is 0 Å². The molecule has 119 valence electrons. The number of allylic oxidation sites excluding steroid dienone is 8. The van der Waals surface area contributed by atoms with Gasteiger partial charge in [-0.15, -0.1) is 0 Å². The number of rotatable bonds is 3. The molecule has 3 aliphatic rings. The first-order chi connectivity index (χ1) is 9.68. The normalized spacial score (nSPS) is 31.4. The molecule has 0 aliphatic heterocycles. The number of hydrogen-bond donors (Lipinski definition) is 0. The van der Waals surface area contributed by atoms with Crippen LogP contribution in [0.4, 0.5) is 0 Å². The Kier molecular flexibility index (Phi) is 7.77. The molecule has 0 spiro atoms. The van der Waals surface area contributed by atoms with Crippen LogP contribution in [0, 0.1) is 11.8 Å². The molecule has 3 rings (SSSR count). The second-order valence-corrected chi connectivity index (χ2v) is 11.6. The maximum atomic E-state index is 2.49. The molecule has 3 heteroatoms. The van der Waals surface area contributed by atoms with Crippen LogP contribution >= 0.6 is 0 Å². The van der Waals surface area contributed by atoms with Gasteiger partial charge in [-0.05, 0) is 0 Å². The fraction of sp³-hybridized carbons (Fsp3) is 0.526. The van der Waals surface area contributed by atoms with Gasteiger partial charge in [0.05, 0.1) is 0 Å². The smallest absolute Gasteiger partial charge is 1.00 e. The van der Waals surface area contributed by atoms with Gasteiger partial charge in [-0.3, -0.25) is 0 Å². The van der Waals surface area contributed by atoms with Crippen LogP contribution in [0.3, 0.4) is 0 Å². The number of hydrogen-bond acceptors (Lipinski definition) is 0. The Morgan fingerprint density at radius 2 is 1.91 bits per heavy atom. The van der Waals surface area contributed by atoms with Gasteiger partial charge < -0.3 is 24.8 Å². The Hall–Kier alpha value is 0.293. The SMILES string of the molecule is CCC1CC2CC=CC=C2[C]1([Zr+2]=[C](C)C)C1=CC=CC1.[Cl-].[Cl-]. The first-order valence-corrected chi connectivity index (χ1v) is 10.5. The van der Waals surface area contributed by atoms with E-state index in [4.69, 9.17) is 0 Å². The molecule has 1 saturated carbocycles. The Balaban J connectivity index is 0.00000121. The molecule has 0 saturated heterocycles. The largest absolute Gasteiger partial charge is 1.00 e. The van der Waals surface area contributed by atoms with Crippen molar-refractivity contribution in [2.24, 2.45) is 11.8 Å². The Bertz CT molecular complexity index is 550. The van der Waals surface area contributed by atoms with E-state index in [1.165, 1.54) is 25.7 Å². The summed E-state index contributed by atoms with van der Waals surface area (Å²) in [6.45, 7) is 7.18. The number of fused-ring (bicyclic) bond motifs is 1. The Morgan fingerprint density at radius 3 is 2.50 bits per heavy atom. The Labute approximate surface area is 159 Å². The summed E-state index contributed by atoms with van der Waals surface area (Å²) in [5.74, 6) is 1.73. The molecule has 1 fully saturated rings. The average Bonchev–Trinajstić information content (AvgIpc) is 3.05. The molecule has 0 aromatic heterocycles. The van der Waals surface area contributed by atoms with Crippen molar-refractivity contribution >= 4 is 3.21 Å². The standard InChI is InChI=1S/C16H19.C3H6.2ClH.Zr/c1-2-12-11-14-9-5-6-10-15(14)16(12)13-7-3-4-8-13;1-3-2;;;/h3-7,10,12,14H,2,8-9,11H2,1H3;1-2H3;2*1H;/q;;;;+2/p-2. The maximum absolute atomic E-state index is 2.49. The van der Waals surface area contributed by atoms with E-state index in [0.717, 1.165) is 11.8 Å². The minimum atomic E-state index is -0.562. The monoisotopic (exact) mass is 413 g/mol. The first-order valence-electron chi connectivity index (χ1n) is 8.00. The summed E-state index contributed by atoms with van der Waals surface area (Å²) >= 11 is -0.562. The van der Waals surface area contributed by atoms with Gasteiger partial charge in [0.2, 0.25) is 0 Å². The maximum Gasteiger partial charge on any atom is -1.00 e. The molecular formula is C19H25Cl2Zr. The van der Waals surface area contributed by atoms with Crippen LogP contribution in [-0.4, -0.2) is 3.21 Å². The Morgan fingerprint density at radius 1 is 1.18 bits per heavy atom. The van der Waals surface area contributed by atoms with Crippen molar-refractivity contribution in [3.05, 3.63) is 47.6 Å². The van der Waals surface area contributed by atoms with Crippen LogP contribution in [0.1, 0.15) is 46.5 Å². The molecule has 0 bridgehead atoms. The fourth-order valence-corrected chi connectivity index (χ4v) is 9.56. The average molecular weight is 416 g/mol. The minimum absolute atomic E-state index is 0. The van der Waals surface area contributed by atoms with Gasteiger partial charge in [0.1, 0.15) is 0 Å². The topological polar surface area (TPSA) is 0 Å². The van der Waals surface area contributed by atoms with Gasteiger partial charge in [0.25, 0.3) is 0 Å². The van der Waals surface area contributed by atoms with Gasteiger partial charge in [-0.25, -0.2) is 0 Å². The fourth-order valence-electron chi connectivity index (χ4n) is 4.42. The molecule has 3 atom stereocenters. The second-order valence-electron chi connectivity index (χ2n) is 6.58. The third kappa shape index (κ3) is 3.38. The summed E-state index contributed by atoms with van der Waals surface area (Å²) < 4.78 is 2.24. The van der Waals surface area contributed by atoms with E-state index in [0.29, 0.717) is 3.12 Å².